The number of rotatable bonds is 10. The van der Waals surface area contributed by atoms with Crippen LogP contribution in [0.5, 0.6) is 11.5 Å². The molecule has 2 rings (SSSR count). The highest BCUT2D eigenvalue weighted by molar-refractivity contribution is 5.95. The first kappa shape index (κ1) is 18.6. The average Bonchev–Trinajstić information content (AvgIpc) is 2.63. The summed E-state index contributed by atoms with van der Waals surface area (Å²) in [5.41, 5.74) is 1.48. The van der Waals surface area contributed by atoms with Gasteiger partial charge in [0.05, 0.1) is 31.1 Å². The van der Waals surface area contributed by atoms with Crippen molar-refractivity contribution in [2.75, 3.05) is 30.4 Å². The minimum absolute atomic E-state index is 0.141. The normalized spacial score (nSPS) is 10.2. The third-order valence-electron chi connectivity index (χ3n) is 3.54. The summed E-state index contributed by atoms with van der Waals surface area (Å²) in [7, 11) is 0. The summed E-state index contributed by atoms with van der Waals surface area (Å²) >= 11 is 0. The summed E-state index contributed by atoms with van der Waals surface area (Å²) in [4.78, 5) is 12.3. The van der Waals surface area contributed by atoms with Crippen LogP contribution in [0.4, 0.5) is 11.4 Å². The Morgan fingerprint density at radius 2 is 1.56 bits per heavy atom. The van der Waals surface area contributed by atoms with Crippen LogP contribution in [-0.2, 0) is 4.79 Å². The first-order chi connectivity index (χ1) is 12.2. The van der Waals surface area contributed by atoms with Gasteiger partial charge >= 0.3 is 0 Å². The van der Waals surface area contributed by atoms with Crippen molar-refractivity contribution in [1.82, 2.24) is 0 Å². The average molecular weight is 342 g/mol. The molecule has 0 heterocycles. The Balaban J connectivity index is 1.92. The summed E-state index contributed by atoms with van der Waals surface area (Å²) in [6.07, 6.45) is 2.05. The maximum atomic E-state index is 12.3. The molecule has 5 heteroatoms. The molecule has 25 heavy (non-hydrogen) atoms. The highest BCUT2D eigenvalue weighted by atomic mass is 16.5. The predicted molar refractivity (Wildman–Crippen MR) is 102 cm³/mol. The predicted octanol–water partition coefficient (Wildman–Crippen LogP) is 4.31. The Bertz CT molecular complexity index is 673. The Morgan fingerprint density at radius 3 is 2.24 bits per heavy atom. The molecule has 0 saturated heterocycles. The van der Waals surface area contributed by atoms with Gasteiger partial charge in [-0.1, -0.05) is 37.6 Å². The molecule has 5 nitrogen and oxygen atoms in total. The van der Waals surface area contributed by atoms with Crippen molar-refractivity contribution in [2.24, 2.45) is 0 Å². The molecule has 2 aromatic rings. The summed E-state index contributed by atoms with van der Waals surface area (Å²) in [6, 6.07) is 15.0. The van der Waals surface area contributed by atoms with Gasteiger partial charge in [0, 0.05) is 0 Å². The number of amides is 1. The van der Waals surface area contributed by atoms with Crippen LogP contribution in [0.3, 0.4) is 0 Å². The van der Waals surface area contributed by atoms with Crippen molar-refractivity contribution < 1.29 is 14.3 Å². The molecule has 2 N–H and O–H groups in total. The van der Waals surface area contributed by atoms with Gasteiger partial charge in [0.2, 0.25) is 5.91 Å². The second-order valence-corrected chi connectivity index (χ2v) is 5.53. The molecule has 134 valence electrons. The Morgan fingerprint density at radius 1 is 0.920 bits per heavy atom. The highest BCUT2D eigenvalue weighted by Gasteiger charge is 2.09. The molecule has 0 unspecified atom stereocenters. The fourth-order valence-electron chi connectivity index (χ4n) is 2.29. The molecule has 0 atom stereocenters. The van der Waals surface area contributed by atoms with Crippen LogP contribution in [0.25, 0.3) is 0 Å². The van der Waals surface area contributed by atoms with Gasteiger partial charge in [0.15, 0.2) is 0 Å². The van der Waals surface area contributed by atoms with E-state index in [-0.39, 0.29) is 12.5 Å². The van der Waals surface area contributed by atoms with E-state index < -0.39 is 0 Å². The van der Waals surface area contributed by atoms with Gasteiger partial charge in [-0.05, 0) is 37.6 Å². The largest absolute Gasteiger partial charge is 0.492 e. The zero-order valence-electron chi connectivity index (χ0n) is 14.9. The van der Waals surface area contributed by atoms with Crippen LogP contribution in [0.15, 0.2) is 48.5 Å². The third-order valence-corrected chi connectivity index (χ3v) is 3.54. The molecular weight excluding hydrogens is 316 g/mol. The number of nitrogens with one attached hydrogen (secondary N) is 2. The first-order valence-electron chi connectivity index (χ1n) is 8.72. The van der Waals surface area contributed by atoms with Gasteiger partial charge in [-0.3, -0.25) is 4.79 Å². The fraction of sp³-hybridized carbons (Fsp3) is 0.350. The topological polar surface area (TPSA) is 59.6 Å². The van der Waals surface area contributed by atoms with Gasteiger partial charge in [-0.25, -0.2) is 0 Å². The quantitative estimate of drug-likeness (QED) is 0.632. The van der Waals surface area contributed by atoms with Crippen molar-refractivity contribution in [3.05, 3.63) is 48.5 Å². The van der Waals surface area contributed by atoms with Crippen molar-refractivity contribution in [3.63, 3.8) is 0 Å². The second-order valence-electron chi connectivity index (χ2n) is 5.53. The molecular formula is C20H26N2O3. The number of benzene rings is 2. The van der Waals surface area contributed by atoms with Crippen molar-refractivity contribution in [2.45, 2.75) is 26.7 Å². The van der Waals surface area contributed by atoms with Crippen molar-refractivity contribution in [3.8, 4) is 11.5 Å². The van der Waals surface area contributed by atoms with Gasteiger partial charge < -0.3 is 20.1 Å². The van der Waals surface area contributed by atoms with Gasteiger partial charge in [0.1, 0.15) is 11.5 Å². The number of para-hydroxylation sites is 4. The number of anilines is 2. The van der Waals surface area contributed by atoms with Crippen molar-refractivity contribution in [1.29, 1.82) is 0 Å². The lowest BCUT2D eigenvalue weighted by molar-refractivity contribution is -0.114. The summed E-state index contributed by atoms with van der Waals surface area (Å²) < 4.78 is 11.3. The molecule has 0 fully saturated rings. The highest BCUT2D eigenvalue weighted by Crippen LogP contribution is 2.25. The number of carbonyl (C=O) groups excluding carboxylic acids is 1. The summed E-state index contributed by atoms with van der Waals surface area (Å²) in [5, 5.41) is 6.00. The minimum atomic E-state index is -0.141. The lowest BCUT2D eigenvalue weighted by atomic mass is 10.2. The third kappa shape index (κ3) is 6.03. The molecule has 0 bridgehead atoms. The van der Waals surface area contributed by atoms with Crippen LogP contribution in [0, 0.1) is 0 Å². The van der Waals surface area contributed by atoms with Gasteiger partial charge in [0.25, 0.3) is 0 Å². The van der Waals surface area contributed by atoms with Crippen LogP contribution in [0.1, 0.15) is 26.7 Å². The Labute approximate surface area is 149 Å². The van der Waals surface area contributed by atoms with Crippen LogP contribution < -0.4 is 20.1 Å². The fourth-order valence-corrected chi connectivity index (χ4v) is 2.29. The van der Waals surface area contributed by atoms with Gasteiger partial charge in [-0.15, -0.1) is 0 Å². The van der Waals surface area contributed by atoms with E-state index in [0.717, 1.165) is 24.3 Å². The smallest absolute Gasteiger partial charge is 0.243 e. The molecule has 0 aliphatic heterocycles. The SMILES string of the molecule is CCCCOc1ccccc1NC(=O)CNc1ccccc1OCC. The lowest BCUT2D eigenvalue weighted by Gasteiger charge is -2.14. The molecule has 0 aliphatic rings. The monoisotopic (exact) mass is 342 g/mol. The molecule has 0 aliphatic carbocycles. The maximum Gasteiger partial charge on any atom is 0.243 e. The van der Waals surface area contributed by atoms with Crippen LogP contribution in [-0.4, -0.2) is 25.7 Å². The van der Waals surface area contributed by atoms with Crippen LogP contribution in [0.2, 0.25) is 0 Å². The van der Waals surface area contributed by atoms with E-state index in [1.807, 2.05) is 55.5 Å². The Kier molecular flexibility index (Phi) is 7.63. The van der Waals surface area contributed by atoms with Crippen molar-refractivity contribution >= 4 is 17.3 Å². The van der Waals surface area contributed by atoms with Gasteiger partial charge in [-0.2, -0.15) is 0 Å². The standard InChI is InChI=1S/C20H26N2O3/c1-3-5-14-25-19-13-9-7-11-17(19)22-20(23)15-21-16-10-6-8-12-18(16)24-4-2/h6-13,21H,3-5,14-15H2,1-2H3,(H,22,23). The molecule has 0 spiro atoms. The first-order valence-corrected chi connectivity index (χ1v) is 8.72. The number of hydrogen-bond donors (Lipinski definition) is 2. The van der Waals surface area contributed by atoms with E-state index in [0.29, 0.717) is 24.7 Å². The molecule has 0 saturated carbocycles. The van der Waals surface area contributed by atoms with Crippen LogP contribution >= 0.6 is 0 Å². The maximum absolute atomic E-state index is 12.3. The second kappa shape index (κ2) is 10.2. The number of ether oxygens (including phenoxy) is 2. The number of hydrogen-bond acceptors (Lipinski definition) is 4. The molecule has 2 aromatic carbocycles. The van der Waals surface area contributed by atoms with E-state index in [9.17, 15) is 4.79 Å². The van der Waals surface area contributed by atoms with E-state index >= 15 is 0 Å². The lowest BCUT2D eigenvalue weighted by Crippen LogP contribution is -2.22. The molecule has 0 radical (unpaired) electrons. The summed E-state index contributed by atoms with van der Waals surface area (Å²) in [6.45, 7) is 5.41. The molecule has 0 aromatic heterocycles. The zero-order valence-corrected chi connectivity index (χ0v) is 14.9. The Hall–Kier alpha value is -2.69. The zero-order chi connectivity index (χ0) is 17.9. The number of unbranched alkanes of at least 4 members (excludes halogenated alkanes) is 1. The molecule has 1 amide bonds. The van der Waals surface area contributed by atoms with E-state index in [4.69, 9.17) is 9.47 Å². The van der Waals surface area contributed by atoms with E-state index in [1.165, 1.54) is 0 Å². The summed E-state index contributed by atoms with van der Waals surface area (Å²) in [5.74, 6) is 1.29. The van der Waals surface area contributed by atoms with E-state index in [1.54, 1.807) is 0 Å². The minimum Gasteiger partial charge on any atom is -0.492 e. The number of carbonyl (C=O) groups is 1. The van der Waals surface area contributed by atoms with E-state index in [2.05, 4.69) is 17.6 Å².